The fourth-order valence-electron chi connectivity index (χ4n) is 2.56. The van der Waals surface area contributed by atoms with E-state index >= 15 is 0 Å². The molecule has 0 saturated carbocycles. The number of nitrogens with one attached hydrogen (secondary N) is 2. The number of primary sulfonamides is 1. The van der Waals surface area contributed by atoms with Crippen LogP contribution in [0.15, 0.2) is 47.4 Å². The normalized spacial score (nSPS) is 11.1. The van der Waals surface area contributed by atoms with Gasteiger partial charge in [-0.25, -0.2) is 13.6 Å². The predicted molar refractivity (Wildman–Crippen MR) is 110 cm³/mol. The third-order valence-electron chi connectivity index (χ3n) is 3.94. The summed E-state index contributed by atoms with van der Waals surface area (Å²) in [5.41, 5.74) is 0.724. The minimum atomic E-state index is -4.20. The van der Waals surface area contributed by atoms with Crippen molar-refractivity contribution >= 4 is 39.1 Å². The second kappa shape index (κ2) is 10.4. The van der Waals surface area contributed by atoms with Gasteiger partial charge in [0.05, 0.1) is 16.9 Å². The third-order valence-corrected chi connectivity index (χ3v) is 5.26. The molecule has 0 saturated heterocycles. The van der Waals surface area contributed by atoms with Gasteiger partial charge in [-0.2, -0.15) is 0 Å². The van der Waals surface area contributed by atoms with Crippen LogP contribution in [0.25, 0.3) is 0 Å². The number of carbonyl (C=O) groups excluding carboxylic acids is 2. The number of ether oxygens (including phenoxy) is 1. The van der Waals surface area contributed by atoms with Crippen LogP contribution < -0.4 is 15.8 Å². The molecule has 0 radical (unpaired) electrons. The number of sulfonamides is 1. The minimum Gasteiger partial charge on any atom is -0.385 e. The van der Waals surface area contributed by atoms with E-state index in [4.69, 9.17) is 21.5 Å². The van der Waals surface area contributed by atoms with Crippen molar-refractivity contribution in [2.45, 2.75) is 17.7 Å². The molecule has 2 aromatic carbocycles. The van der Waals surface area contributed by atoms with Crippen molar-refractivity contribution in [3.05, 3.63) is 58.6 Å². The molecule has 0 aromatic heterocycles. The number of methoxy groups -OCH3 is 1. The number of carbonyl (C=O) groups is 2. The van der Waals surface area contributed by atoms with E-state index in [2.05, 4.69) is 10.6 Å². The summed E-state index contributed by atoms with van der Waals surface area (Å²) in [5, 5.41) is 10.9. The van der Waals surface area contributed by atoms with Gasteiger partial charge >= 0.3 is 0 Å². The van der Waals surface area contributed by atoms with Crippen LogP contribution in [0.2, 0.25) is 5.02 Å². The van der Waals surface area contributed by atoms with Crippen molar-refractivity contribution in [1.29, 1.82) is 0 Å². The van der Waals surface area contributed by atoms with Gasteiger partial charge in [-0.3, -0.25) is 9.59 Å². The summed E-state index contributed by atoms with van der Waals surface area (Å²) in [6, 6.07) is 10.8. The van der Waals surface area contributed by atoms with Gasteiger partial charge in [0.25, 0.3) is 5.91 Å². The predicted octanol–water partition coefficient (Wildman–Crippen LogP) is 1.93. The van der Waals surface area contributed by atoms with E-state index in [1.54, 1.807) is 31.4 Å². The summed E-state index contributed by atoms with van der Waals surface area (Å²) in [4.78, 5) is 24.2. The number of nitrogens with two attached hydrogens (primary N) is 1. The standard InChI is InChI=1S/C19H22ClN3O5S/c1-28-10-4-9-22-19(25)15-8-7-14(12-17(15)29(21,26)27)23-18(24)11-13-5-2-3-6-16(13)20/h2-3,5-8,12H,4,9-11H2,1H3,(H,22,25)(H,23,24)(H2,21,26,27). The lowest BCUT2D eigenvalue weighted by Crippen LogP contribution is -2.28. The second-order valence-electron chi connectivity index (χ2n) is 6.17. The van der Waals surface area contributed by atoms with Gasteiger partial charge in [-0.15, -0.1) is 0 Å². The Hall–Kier alpha value is -2.46. The van der Waals surface area contributed by atoms with E-state index in [1.807, 2.05) is 0 Å². The van der Waals surface area contributed by atoms with Crippen LogP contribution in [0.4, 0.5) is 5.69 Å². The van der Waals surface area contributed by atoms with Gasteiger partial charge in [0.2, 0.25) is 15.9 Å². The maximum absolute atomic E-state index is 12.3. The molecule has 0 aliphatic rings. The lowest BCUT2D eigenvalue weighted by molar-refractivity contribution is -0.115. The summed E-state index contributed by atoms with van der Waals surface area (Å²) >= 11 is 6.05. The summed E-state index contributed by atoms with van der Waals surface area (Å²) in [7, 11) is -2.65. The van der Waals surface area contributed by atoms with Crippen LogP contribution in [0.3, 0.4) is 0 Å². The highest BCUT2D eigenvalue weighted by Gasteiger charge is 2.20. The zero-order valence-corrected chi connectivity index (χ0v) is 17.3. The number of hydrogen-bond donors (Lipinski definition) is 3. The Labute approximate surface area is 174 Å². The molecule has 0 atom stereocenters. The Morgan fingerprint density at radius 3 is 2.55 bits per heavy atom. The molecule has 2 rings (SSSR count). The number of hydrogen-bond acceptors (Lipinski definition) is 5. The zero-order valence-electron chi connectivity index (χ0n) is 15.8. The van der Waals surface area contributed by atoms with Gasteiger partial charge < -0.3 is 15.4 Å². The molecule has 8 nitrogen and oxygen atoms in total. The van der Waals surface area contributed by atoms with Gasteiger partial charge in [-0.05, 0) is 36.2 Å². The highest BCUT2D eigenvalue weighted by Crippen LogP contribution is 2.21. The van der Waals surface area contributed by atoms with Crippen LogP contribution in [0.1, 0.15) is 22.3 Å². The Morgan fingerprint density at radius 1 is 1.17 bits per heavy atom. The molecule has 0 aliphatic carbocycles. The highest BCUT2D eigenvalue weighted by atomic mass is 35.5. The molecular formula is C19H22ClN3O5S. The topological polar surface area (TPSA) is 128 Å². The molecule has 0 spiro atoms. The Balaban J connectivity index is 2.17. The summed E-state index contributed by atoms with van der Waals surface area (Å²) in [6.07, 6.45) is 0.579. The molecule has 10 heteroatoms. The first-order valence-electron chi connectivity index (χ1n) is 8.69. The summed E-state index contributed by atoms with van der Waals surface area (Å²) < 4.78 is 28.8. The van der Waals surface area contributed by atoms with E-state index < -0.39 is 21.8 Å². The second-order valence-corrected chi connectivity index (χ2v) is 8.11. The first kappa shape index (κ1) is 22.8. The maximum atomic E-state index is 12.3. The van der Waals surface area contributed by atoms with Gasteiger partial charge in [0, 0.05) is 31.0 Å². The molecule has 156 valence electrons. The number of rotatable bonds is 9. The van der Waals surface area contributed by atoms with Crippen molar-refractivity contribution in [2.24, 2.45) is 5.14 Å². The van der Waals surface area contributed by atoms with Gasteiger partial charge in [-0.1, -0.05) is 29.8 Å². The first-order valence-corrected chi connectivity index (χ1v) is 10.6. The Bertz CT molecular complexity index is 995. The molecule has 2 amide bonds. The molecule has 0 unspecified atom stereocenters. The van der Waals surface area contributed by atoms with E-state index in [9.17, 15) is 18.0 Å². The molecule has 0 aliphatic heterocycles. The van der Waals surface area contributed by atoms with E-state index in [1.165, 1.54) is 12.1 Å². The largest absolute Gasteiger partial charge is 0.385 e. The fourth-order valence-corrected chi connectivity index (χ4v) is 3.52. The Kier molecular flexibility index (Phi) is 8.15. The van der Waals surface area contributed by atoms with E-state index in [0.29, 0.717) is 30.2 Å². The lowest BCUT2D eigenvalue weighted by Gasteiger charge is -2.12. The monoisotopic (exact) mass is 439 g/mol. The number of benzene rings is 2. The van der Waals surface area contributed by atoms with Crippen molar-refractivity contribution in [2.75, 3.05) is 25.6 Å². The van der Waals surface area contributed by atoms with Crippen LogP contribution in [-0.2, 0) is 26.0 Å². The maximum Gasteiger partial charge on any atom is 0.252 e. The number of halogens is 1. The molecule has 29 heavy (non-hydrogen) atoms. The lowest BCUT2D eigenvalue weighted by atomic mass is 10.1. The van der Waals surface area contributed by atoms with Crippen LogP contribution in [0, 0.1) is 0 Å². The average Bonchev–Trinajstić information content (AvgIpc) is 2.66. The van der Waals surface area contributed by atoms with E-state index in [-0.39, 0.29) is 22.6 Å². The Morgan fingerprint density at radius 2 is 1.90 bits per heavy atom. The van der Waals surface area contributed by atoms with Crippen molar-refractivity contribution in [3.8, 4) is 0 Å². The average molecular weight is 440 g/mol. The van der Waals surface area contributed by atoms with Crippen molar-refractivity contribution in [3.63, 3.8) is 0 Å². The van der Waals surface area contributed by atoms with Crippen LogP contribution in [-0.4, -0.2) is 40.5 Å². The summed E-state index contributed by atoms with van der Waals surface area (Å²) in [6.45, 7) is 0.770. The van der Waals surface area contributed by atoms with Gasteiger partial charge in [0.1, 0.15) is 0 Å². The molecule has 0 fully saturated rings. The number of anilines is 1. The fraction of sp³-hybridized carbons (Fsp3) is 0.263. The first-order chi connectivity index (χ1) is 13.7. The third kappa shape index (κ3) is 6.82. The highest BCUT2D eigenvalue weighted by molar-refractivity contribution is 7.89. The molecule has 0 bridgehead atoms. The zero-order chi connectivity index (χ0) is 21.4. The SMILES string of the molecule is COCCCNC(=O)c1ccc(NC(=O)Cc2ccccc2Cl)cc1S(N)(=O)=O. The van der Waals surface area contributed by atoms with Gasteiger partial charge in [0.15, 0.2) is 0 Å². The molecule has 2 aromatic rings. The van der Waals surface area contributed by atoms with Crippen molar-refractivity contribution < 1.29 is 22.7 Å². The quantitative estimate of drug-likeness (QED) is 0.514. The summed E-state index contributed by atoms with van der Waals surface area (Å²) in [5.74, 6) is -0.977. The smallest absolute Gasteiger partial charge is 0.252 e. The molecule has 0 heterocycles. The van der Waals surface area contributed by atoms with E-state index in [0.717, 1.165) is 6.07 Å². The molecule has 4 N–H and O–H groups in total. The van der Waals surface area contributed by atoms with Crippen LogP contribution in [0.5, 0.6) is 0 Å². The van der Waals surface area contributed by atoms with Crippen molar-refractivity contribution in [1.82, 2.24) is 5.32 Å². The van der Waals surface area contributed by atoms with Crippen LogP contribution >= 0.6 is 11.6 Å². The number of amides is 2. The molecular weight excluding hydrogens is 418 g/mol. The minimum absolute atomic E-state index is 0.00607.